The second-order valence-corrected chi connectivity index (χ2v) is 5.71. The fourth-order valence-corrected chi connectivity index (χ4v) is 1.90. The summed E-state index contributed by atoms with van der Waals surface area (Å²) in [4.78, 5) is 34.0. The van der Waals surface area contributed by atoms with Crippen molar-refractivity contribution in [2.75, 3.05) is 19.8 Å². The van der Waals surface area contributed by atoms with Gasteiger partial charge in [-0.05, 0) is 32.6 Å². The molecule has 114 valence electrons. The van der Waals surface area contributed by atoms with Gasteiger partial charge >= 0.3 is 12.0 Å². The molecule has 0 spiro atoms. The van der Waals surface area contributed by atoms with E-state index >= 15 is 0 Å². The summed E-state index contributed by atoms with van der Waals surface area (Å²) in [7, 11) is 0. The van der Waals surface area contributed by atoms with Crippen molar-refractivity contribution in [3.8, 4) is 0 Å². The molecule has 0 aromatic carbocycles. The van der Waals surface area contributed by atoms with Crippen LogP contribution in [0.4, 0.5) is 4.79 Å². The number of carbonyl (C=O) groups excluding carboxylic acids is 2. The van der Waals surface area contributed by atoms with E-state index in [-0.39, 0.29) is 12.3 Å². The number of carboxylic acids is 1. The largest absolute Gasteiger partial charge is 0.481 e. The molecule has 0 radical (unpaired) electrons. The summed E-state index contributed by atoms with van der Waals surface area (Å²) in [5.41, 5.74) is -1.19. The Kier molecular flexibility index (Phi) is 5.94. The lowest BCUT2D eigenvalue weighted by atomic mass is 9.89. The van der Waals surface area contributed by atoms with Gasteiger partial charge in [-0.2, -0.15) is 0 Å². The van der Waals surface area contributed by atoms with Crippen molar-refractivity contribution in [1.82, 2.24) is 10.6 Å². The molecule has 1 atom stereocenters. The van der Waals surface area contributed by atoms with Crippen LogP contribution in [0.1, 0.15) is 33.1 Å². The van der Waals surface area contributed by atoms with E-state index in [9.17, 15) is 14.4 Å². The minimum Gasteiger partial charge on any atom is -0.481 e. The summed E-state index contributed by atoms with van der Waals surface area (Å²) in [6, 6.07) is -0.596. The maximum absolute atomic E-state index is 11.6. The van der Waals surface area contributed by atoms with Crippen molar-refractivity contribution in [3.05, 3.63) is 0 Å². The van der Waals surface area contributed by atoms with Gasteiger partial charge in [0.25, 0.3) is 0 Å². The molecule has 20 heavy (non-hydrogen) atoms. The Labute approximate surface area is 118 Å². The van der Waals surface area contributed by atoms with Gasteiger partial charge in [0.2, 0.25) is 5.91 Å². The molecule has 0 saturated carbocycles. The Morgan fingerprint density at radius 2 is 2.05 bits per heavy atom. The van der Waals surface area contributed by atoms with Gasteiger partial charge in [0.1, 0.15) is 0 Å². The minimum absolute atomic E-state index is 0.248. The first-order valence-electron chi connectivity index (χ1n) is 6.70. The monoisotopic (exact) mass is 286 g/mol. The highest BCUT2D eigenvalue weighted by Crippen LogP contribution is 2.19. The molecule has 1 saturated heterocycles. The third-order valence-electron chi connectivity index (χ3n) is 3.24. The number of rotatable bonds is 5. The van der Waals surface area contributed by atoms with Crippen molar-refractivity contribution >= 4 is 17.9 Å². The quantitative estimate of drug-likeness (QED) is 0.691. The first kappa shape index (κ1) is 16.4. The lowest BCUT2D eigenvalue weighted by Crippen LogP contribution is -2.44. The summed E-state index contributed by atoms with van der Waals surface area (Å²) < 4.78 is 5.28. The Bertz CT molecular complexity index is 375. The number of imide groups is 1. The number of carbonyl (C=O) groups is 3. The molecule has 0 aromatic rings. The zero-order valence-corrected chi connectivity index (χ0v) is 11.9. The molecule has 3 amide bonds. The number of aliphatic carboxylic acids is 1. The molecule has 1 unspecified atom stereocenters. The molecule has 1 aliphatic heterocycles. The standard InChI is InChI=1S/C13H22N2O5/c1-13(2,11(17)18)6-10(16)15-12(19)14-7-9-4-3-5-20-8-9/h9H,3-8H2,1-2H3,(H,17,18)(H2,14,15,16,19). The molecule has 0 bridgehead atoms. The van der Waals surface area contributed by atoms with Crippen molar-refractivity contribution in [3.63, 3.8) is 0 Å². The predicted octanol–water partition coefficient (Wildman–Crippen LogP) is 0.740. The second kappa shape index (κ2) is 7.23. The second-order valence-electron chi connectivity index (χ2n) is 5.71. The number of urea groups is 1. The number of ether oxygens (including phenoxy) is 1. The molecular formula is C13H22N2O5. The van der Waals surface area contributed by atoms with Crippen molar-refractivity contribution in [2.45, 2.75) is 33.1 Å². The molecule has 1 rings (SSSR count). The Morgan fingerprint density at radius 3 is 2.60 bits per heavy atom. The van der Waals surface area contributed by atoms with Gasteiger partial charge in [-0.3, -0.25) is 14.9 Å². The zero-order chi connectivity index (χ0) is 15.2. The van der Waals surface area contributed by atoms with Crippen molar-refractivity contribution in [2.24, 2.45) is 11.3 Å². The SMILES string of the molecule is CC(C)(CC(=O)NC(=O)NCC1CCCOC1)C(=O)O. The first-order valence-corrected chi connectivity index (χ1v) is 6.70. The van der Waals surface area contributed by atoms with Gasteiger partial charge < -0.3 is 15.2 Å². The van der Waals surface area contributed by atoms with Crippen molar-refractivity contribution in [1.29, 1.82) is 0 Å². The molecule has 1 heterocycles. The Morgan fingerprint density at radius 1 is 1.35 bits per heavy atom. The highest BCUT2D eigenvalue weighted by atomic mass is 16.5. The van der Waals surface area contributed by atoms with Crippen LogP contribution in [0, 0.1) is 11.3 Å². The minimum atomic E-state index is -1.19. The average molecular weight is 286 g/mol. The fourth-order valence-electron chi connectivity index (χ4n) is 1.90. The molecule has 0 aliphatic carbocycles. The lowest BCUT2D eigenvalue weighted by molar-refractivity contribution is -0.149. The van der Waals surface area contributed by atoms with E-state index < -0.39 is 23.3 Å². The predicted molar refractivity (Wildman–Crippen MR) is 71.1 cm³/mol. The van der Waals surface area contributed by atoms with E-state index in [4.69, 9.17) is 9.84 Å². The number of hydrogen-bond acceptors (Lipinski definition) is 4. The van der Waals surface area contributed by atoms with Crippen LogP contribution >= 0.6 is 0 Å². The van der Waals surface area contributed by atoms with Crippen LogP contribution in [0.2, 0.25) is 0 Å². The third-order valence-corrected chi connectivity index (χ3v) is 3.24. The number of hydrogen-bond donors (Lipinski definition) is 3. The van der Waals surface area contributed by atoms with Crippen LogP contribution in [-0.4, -0.2) is 42.8 Å². The van der Waals surface area contributed by atoms with Crippen LogP contribution < -0.4 is 10.6 Å². The molecule has 1 fully saturated rings. The summed E-state index contributed by atoms with van der Waals surface area (Å²) in [6.07, 6.45) is 1.71. The molecular weight excluding hydrogens is 264 g/mol. The molecule has 7 nitrogen and oxygen atoms in total. The average Bonchev–Trinajstić information content (AvgIpc) is 2.36. The van der Waals surface area contributed by atoms with Gasteiger partial charge in [0.05, 0.1) is 12.0 Å². The van der Waals surface area contributed by atoms with Crippen molar-refractivity contribution < 1.29 is 24.2 Å². The number of amides is 3. The highest BCUT2D eigenvalue weighted by molar-refractivity contribution is 5.96. The van der Waals surface area contributed by atoms with E-state index in [1.165, 1.54) is 13.8 Å². The smallest absolute Gasteiger partial charge is 0.321 e. The maximum Gasteiger partial charge on any atom is 0.321 e. The van der Waals surface area contributed by atoms with Crippen LogP contribution in [-0.2, 0) is 14.3 Å². The van der Waals surface area contributed by atoms with E-state index in [0.717, 1.165) is 19.4 Å². The van der Waals surface area contributed by atoms with E-state index in [1.54, 1.807) is 0 Å². The maximum atomic E-state index is 11.6. The number of carboxylic acid groups (broad SMARTS) is 1. The summed E-state index contributed by atoms with van der Waals surface area (Å²) >= 11 is 0. The Balaban J connectivity index is 2.27. The molecule has 7 heteroatoms. The third kappa shape index (κ3) is 5.56. The van der Waals surface area contributed by atoms with Gasteiger partial charge in [0.15, 0.2) is 0 Å². The highest BCUT2D eigenvalue weighted by Gasteiger charge is 2.30. The molecule has 0 aromatic heterocycles. The van der Waals surface area contributed by atoms with Crippen LogP contribution in [0.15, 0.2) is 0 Å². The topological polar surface area (TPSA) is 105 Å². The van der Waals surface area contributed by atoms with Gasteiger partial charge in [-0.1, -0.05) is 0 Å². The van der Waals surface area contributed by atoms with E-state index in [1.807, 2.05) is 0 Å². The Hall–Kier alpha value is -1.63. The zero-order valence-electron chi connectivity index (χ0n) is 11.9. The summed E-state index contributed by atoms with van der Waals surface area (Å²) in [6.45, 7) is 4.69. The van der Waals surface area contributed by atoms with Crippen LogP contribution in [0.3, 0.4) is 0 Å². The van der Waals surface area contributed by atoms with Gasteiger partial charge in [0, 0.05) is 19.6 Å². The normalized spacial score (nSPS) is 19.2. The van der Waals surface area contributed by atoms with Gasteiger partial charge in [-0.15, -0.1) is 0 Å². The first-order chi connectivity index (χ1) is 9.31. The summed E-state index contributed by atoms with van der Waals surface area (Å²) in [5.74, 6) is -1.41. The van der Waals surface area contributed by atoms with E-state index in [2.05, 4.69) is 10.6 Å². The molecule has 1 aliphatic rings. The molecule has 3 N–H and O–H groups in total. The fraction of sp³-hybridized carbons (Fsp3) is 0.769. The van der Waals surface area contributed by atoms with E-state index in [0.29, 0.717) is 13.2 Å². The van der Waals surface area contributed by atoms with Gasteiger partial charge in [-0.25, -0.2) is 4.79 Å². The van der Waals surface area contributed by atoms with Crippen LogP contribution in [0.5, 0.6) is 0 Å². The lowest BCUT2D eigenvalue weighted by Gasteiger charge is -2.22. The summed E-state index contributed by atoms with van der Waals surface area (Å²) in [5, 5.41) is 13.6. The van der Waals surface area contributed by atoms with Crippen LogP contribution in [0.25, 0.3) is 0 Å². The number of nitrogens with one attached hydrogen (secondary N) is 2.